The summed E-state index contributed by atoms with van der Waals surface area (Å²) in [5.41, 5.74) is 1.08. The molecule has 4 nitrogen and oxygen atoms in total. The standard InChI is InChI=1S/C21H31FN2O2/c22-19-9-7-18(8-10-19)20(24-12-14-26-15-13-24)16-23-21(25)11-6-17-4-2-1-3-5-17/h7-10,17,20H,1-6,11-16H2,(H,23,25)/p+1/t20-/m1/s1. The van der Waals surface area contributed by atoms with Gasteiger partial charge in [-0.2, -0.15) is 0 Å². The number of hydrogen-bond acceptors (Lipinski definition) is 2. The van der Waals surface area contributed by atoms with E-state index >= 15 is 0 Å². The second-order valence-electron chi connectivity index (χ2n) is 7.72. The summed E-state index contributed by atoms with van der Waals surface area (Å²) in [5.74, 6) is 0.656. The molecule has 2 N–H and O–H groups in total. The Morgan fingerprint density at radius 2 is 1.85 bits per heavy atom. The second-order valence-corrected chi connectivity index (χ2v) is 7.72. The van der Waals surface area contributed by atoms with Crippen LogP contribution in [0.25, 0.3) is 0 Å². The molecule has 26 heavy (non-hydrogen) atoms. The summed E-state index contributed by atoms with van der Waals surface area (Å²) in [7, 11) is 0. The second kappa shape index (κ2) is 10.0. The van der Waals surface area contributed by atoms with E-state index in [9.17, 15) is 9.18 Å². The van der Waals surface area contributed by atoms with Gasteiger partial charge in [-0.15, -0.1) is 0 Å². The maximum atomic E-state index is 13.3. The van der Waals surface area contributed by atoms with Crippen LogP contribution in [-0.2, 0) is 9.53 Å². The summed E-state index contributed by atoms with van der Waals surface area (Å²) >= 11 is 0. The zero-order chi connectivity index (χ0) is 18.2. The van der Waals surface area contributed by atoms with Crippen LogP contribution < -0.4 is 10.2 Å². The first kappa shape index (κ1) is 19.3. The number of nitrogens with one attached hydrogen (secondary N) is 2. The van der Waals surface area contributed by atoms with E-state index in [4.69, 9.17) is 4.74 Å². The number of ether oxygens (including phenoxy) is 1. The maximum Gasteiger partial charge on any atom is 0.220 e. The Kier molecular flexibility index (Phi) is 7.44. The van der Waals surface area contributed by atoms with E-state index in [0.717, 1.165) is 44.2 Å². The van der Waals surface area contributed by atoms with E-state index in [-0.39, 0.29) is 17.8 Å². The number of morpholine rings is 1. The Labute approximate surface area is 156 Å². The predicted molar refractivity (Wildman–Crippen MR) is 99.5 cm³/mol. The van der Waals surface area contributed by atoms with Crippen LogP contribution >= 0.6 is 0 Å². The minimum absolute atomic E-state index is 0.148. The minimum Gasteiger partial charge on any atom is -0.370 e. The van der Waals surface area contributed by atoms with Gasteiger partial charge in [-0.25, -0.2) is 4.39 Å². The SMILES string of the molecule is O=C(CCC1CCCCC1)NC[C@H](c1ccc(F)cc1)[NH+]1CCOCC1. The van der Waals surface area contributed by atoms with Crippen molar-refractivity contribution in [3.8, 4) is 0 Å². The first-order valence-corrected chi connectivity index (χ1v) is 10.2. The van der Waals surface area contributed by atoms with Gasteiger partial charge in [-0.05, 0) is 24.5 Å². The van der Waals surface area contributed by atoms with Gasteiger partial charge in [0.1, 0.15) is 24.9 Å². The van der Waals surface area contributed by atoms with Crippen LogP contribution in [-0.4, -0.2) is 38.8 Å². The topological polar surface area (TPSA) is 42.8 Å². The number of halogens is 1. The molecular formula is C21H32FN2O2+. The molecule has 5 heteroatoms. The summed E-state index contributed by atoms with van der Waals surface area (Å²) in [6, 6.07) is 6.85. The average molecular weight is 363 g/mol. The minimum atomic E-state index is -0.221. The molecule has 1 heterocycles. The molecule has 2 aliphatic rings. The fourth-order valence-electron chi connectivity index (χ4n) is 4.29. The van der Waals surface area contributed by atoms with Crippen molar-refractivity contribution >= 4 is 5.91 Å². The van der Waals surface area contributed by atoms with E-state index in [1.54, 1.807) is 0 Å². The third kappa shape index (κ3) is 5.78. The normalized spacial score (nSPS) is 20.7. The van der Waals surface area contributed by atoms with Crippen LogP contribution in [0.4, 0.5) is 4.39 Å². The summed E-state index contributed by atoms with van der Waals surface area (Å²) in [4.78, 5) is 13.8. The molecule has 144 valence electrons. The van der Waals surface area contributed by atoms with Crippen LogP contribution in [0.2, 0.25) is 0 Å². The van der Waals surface area contributed by atoms with Gasteiger partial charge in [-0.1, -0.05) is 44.2 Å². The zero-order valence-electron chi connectivity index (χ0n) is 15.6. The van der Waals surface area contributed by atoms with Crippen LogP contribution in [0.3, 0.4) is 0 Å². The van der Waals surface area contributed by atoms with Crippen molar-refractivity contribution < 1.29 is 18.8 Å². The molecule has 1 aromatic carbocycles. The summed E-state index contributed by atoms with van der Waals surface area (Å²) in [6.45, 7) is 3.91. The first-order chi connectivity index (χ1) is 12.7. The Balaban J connectivity index is 1.52. The van der Waals surface area contributed by atoms with E-state index in [0.29, 0.717) is 13.0 Å². The van der Waals surface area contributed by atoms with Crippen LogP contribution in [0.1, 0.15) is 56.6 Å². The van der Waals surface area contributed by atoms with Crippen LogP contribution in [0.5, 0.6) is 0 Å². The molecule has 1 amide bonds. The number of carbonyl (C=O) groups excluding carboxylic acids is 1. The van der Waals surface area contributed by atoms with Gasteiger partial charge in [0.2, 0.25) is 5.91 Å². The third-order valence-corrected chi connectivity index (χ3v) is 5.91. The van der Waals surface area contributed by atoms with E-state index < -0.39 is 0 Å². The Morgan fingerprint density at radius 3 is 2.54 bits per heavy atom. The highest BCUT2D eigenvalue weighted by Gasteiger charge is 2.27. The van der Waals surface area contributed by atoms with Crippen molar-refractivity contribution in [1.29, 1.82) is 0 Å². The molecule has 1 aromatic rings. The van der Waals surface area contributed by atoms with Crippen LogP contribution in [0.15, 0.2) is 24.3 Å². The van der Waals surface area contributed by atoms with Gasteiger partial charge in [0.05, 0.1) is 19.8 Å². The van der Waals surface area contributed by atoms with Crippen molar-refractivity contribution in [2.24, 2.45) is 5.92 Å². The van der Waals surface area contributed by atoms with Crippen molar-refractivity contribution in [3.63, 3.8) is 0 Å². The molecule has 0 unspecified atom stereocenters. The van der Waals surface area contributed by atoms with Gasteiger partial charge in [0, 0.05) is 12.0 Å². The smallest absolute Gasteiger partial charge is 0.220 e. The third-order valence-electron chi connectivity index (χ3n) is 5.91. The quantitative estimate of drug-likeness (QED) is 0.780. The van der Waals surface area contributed by atoms with E-state index in [1.807, 2.05) is 12.1 Å². The summed E-state index contributed by atoms with van der Waals surface area (Å²) < 4.78 is 18.8. The fraction of sp³-hybridized carbons (Fsp3) is 0.667. The molecule has 0 radical (unpaired) electrons. The fourth-order valence-corrected chi connectivity index (χ4v) is 4.29. The van der Waals surface area contributed by atoms with Crippen LogP contribution in [0, 0.1) is 11.7 Å². The zero-order valence-corrected chi connectivity index (χ0v) is 15.6. The lowest BCUT2D eigenvalue weighted by Crippen LogP contribution is -3.15. The highest BCUT2D eigenvalue weighted by molar-refractivity contribution is 5.75. The molecular weight excluding hydrogens is 331 g/mol. The van der Waals surface area contributed by atoms with E-state index in [1.165, 1.54) is 49.1 Å². The highest BCUT2D eigenvalue weighted by atomic mass is 19.1. The molecule has 1 atom stereocenters. The summed E-state index contributed by atoms with van der Waals surface area (Å²) in [6.07, 6.45) is 8.19. The Hall–Kier alpha value is -1.46. The van der Waals surface area contributed by atoms with Gasteiger partial charge in [-0.3, -0.25) is 4.79 Å². The number of quaternary nitrogens is 1. The number of amides is 1. The van der Waals surface area contributed by atoms with Gasteiger partial charge in [0.25, 0.3) is 0 Å². The van der Waals surface area contributed by atoms with Gasteiger partial charge < -0.3 is 15.0 Å². The predicted octanol–water partition coefficient (Wildman–Crippen LogP) is 2.26. The van der Waals surface area contributed by atoms with Gasteiger partial charge in [0.15, 0.2) is 0 Å². The number of rotatable bonds is 7. The average Bonchev–Trinajstić information content (AvgIpc) is 2.69. The van der Waals surface area contributed by atoms with Gasteiger partial charge >= 0.3 is 0 Å². The number of hydrogen-bond donors (Lipinski definition) is 2. The monoisotopic (exact) mass is 363 g/mol. The number of carbonyl (C=O) groups is 1. The van der Waals surface area contributed by atoms with Crippen molar-refractivity contribution in [3.05, 3.63) is 35.6 Å². The maximum absolute atomic E-state index is 13.3. The molecule has 1 aliphatic carbocycles. The van der Waals surface area contributed by atoms with Crippen molar-refractivity contribution in [2.45, 2.75) is 51.0 Å². The molecule has 1 saturated heterocycles. The molecule has 0 aromatic heterocycles. The molecule has 0 spiro atoms. The molecule has 0 bridgehead atoms. The lowest BCUT2D eigenvalue weighted by atomic mass is 9.86. The lowest BCUT2D eigenvalue weighted by molar-refractivity contribution is -0.937. The number of benzene rings is 1. The highest BCUT2D eigenvalue weighted by Crippen LogP contribution is 2.27. The Bertz CT molecular complexity index is 552. The molecule has 1 aliphatic heterocycles. The largest absolute Gasteiger partial charge is 0.370 e. The Morgan fingerprint density at radius 1 is 1.15 bits per heavy atom. The lowest BCUT2D eigenvalue weighted by Gasteiger charge is -2.32. The molecule has 2 fully saturated rings. The van der Waals surface area contributed by atoms with Crippen molar-refractivity contribution in [1.82, 2.24) is 5.32 Å². The summed E-state index contributed by atoms with van der Waals surface area (Å²) in [5, 5.41) is 3.14. The molecule has 1 saturated carbocycles. The first-order valence-electron chi connectivity index (χ1n) is 10.2. The van der Waals surface area contributed by atoms with E-state index in [2.05, 4.69) is 5.32 Å². The molecule has 3 rings (SSSR count). The van der Waals surface area contributed by atoms with Crippen molar-refractivity contribution in [2.75, 3.05) is 32.8 Å².